The van der Waals surface area contributed by atoms with Crippen molar-refractivity contribution in [3.05, 3.63) is 29.0 Å². The van der Waals surface area contributed by atoms with E-state index >= 15 is 0 Å². The molecule has 2 N–H and O–H groups in total. The molecule has 7 heteroatoms. The summed E-state index contributed by atoms with van der Waals surface area (Å²) in [7, 11) is 1.66. The summed E-state index contributed by atoms with van der Waals surface area (Å²) in [6.45, 7) is 0. The number of nitrogens with one attached hydrogen (secondary N) is 1. The van der Waals surface area contributed by atoms with Crippen molar-refractivity contribution in [3.63, 3.8) is 0 Å². The first-order chi connectivity index (χ1) is 8.08. The zero-order valence-corrected chi connectivity index (χ0v) is 10.5. The number of pyridine rings is 1. The zero-order valence-electron chi connectivity index (χ0n) is 8.88. The minimum absolute atomic E-state index is 0.396. The highest BCUT2D eigenvalue weighted by molar-refractivity contribution is 9.10. The van der Waals surface area contributed by atoms with Gasteiger partial charge in [-0.2, -0.15) is 5.10 Å². The van der Waals surface area contributed by atoms with Crippen LogP contribution in [-0.4, -0.2) is 26.0 Å². The third kappa shape index (κ3) is 2.44. The highest BCUT2D eigenvalue weighted by atomic mass is 79.9. The van der Waals surface area contributed by atoms with Gasteiger partial charge in [-0.3, -0.25) is 15.0 Å². The fourth-order valence-electron chi connectivity index (χ4n) is 1.41. The normalized spacial score (nSPS) is 10.2. The average molecular weight is 297 g/mol. The Bertz CT molecular complexity index is 550. The Labute approximate surface area is 105 Å². The van der Waals surface area contributed by atoms with Crippen molar-refractivity contribution in [1.29, 1.82) is 0 Å². The lowest BCUT2D eigenvalue weighted by Crippen LogP contribution is -2.11. The molecule has 17 heavy (non-hydrogen) atoms. The van der Waals surface area contributed by atoms with Crippen LogP contribution in [0.3, 0.4) is 0 Å². The third-order valence-corrected chi connectivity index (χ3v) is 2.64. The van der Waals surface area contributed by atoms with Gasteiger partial charge in [-0.15, -0.1) is 0 Å². The predicted octanol–water partition coefficient (Wildman–Crippen LogP) is 2.33. The number of carboxylic acid groups (broad SMARTS) is 1. The van der Waals surface area contributed by atoms with Crippen molar-refractivity contribution in [2.45, 2.75) is 0 Å². The van der Waals surface area contributed by atoms with Crippen molar-refractivity contribution in [3.8, 4) is 11.3 Å². The molecule has 0 aliphatic rings. The summed E-state index contributed by atoms with van der Waals surface area (Å²) in [5, 5.41) is 15.1. The van der Waals surface area contributed by atoms with Crippen LogP contribution in [0.25, 0.3) is 11.3 Å². The van der Waals surface area contributed by atoms with E-state index in [0.717, 1.165) is 4.47 Å². The summed E-state index contributed by atoms with van der Waals surface area (Å²) in [6.07, 6.45) is 2.08. The molecule has 2 heterocycles. The minimum atomic E-state index is -1.13. The molecule has 0 saturated heterocycles. The van der Waals surface area contributed by atoms with Crippen molar-refractivity contribution >= 4 is 27.8 Å². The Morgan fingerprint density at radius 3 is 2.82 bits per heavy atom. The molecule has 0 aliphatic carbocycles. The number of halogens is 1. The Balaban J connectivity index is 2.45. The monoisotopic (exact) mass is 296 g/mol. The molecule has 0 unspecified atom stereocenters. The molecule has 88 valence electrons. The van der Waals surface area contributed by atoms with E-state index in [0.29, 0.717) is 17.1 Å². The van der Waals surface area contributed by atoms with E-state index in [4.69, 9.17) is 5.11 Å². The van der Waals surface area contributed by atoms with Crippen molar-refractivity contribution in [2.75, 3.05) is 5.32 Å². The van der Waals surface area contributed by atoms with Crippen molar-refractivity contribution in [1.82, 2.24) is 14.8 Å². The van der Waals surface area contributed by atoms with Gasteiger partial charge in [-0.1, -0.05) is 0 Å². The number of nitrogens with zero attached hydrogens (tertiary/aromatic N) is 3. The molecule has 0 fully saturated rings. The number of aromatic nitrogens is 3. The maximum Gasteiger partial charge on any atom is 0.410 e. The molecule has 2 aromatic heterocycles. The van der Waals surface area contributed by atoms with E-state index in [1.54, 1.807) is 25.5 Å². The van der Waals surface area contributed by atoms with Crippen LogP contribution in [0.4, 0.5) is 10.6 Å². The predicted molar refractivity (Wildman–Crippen MR) is 65.8 cm³/mol. The second-order valence-electron chi connectivity index (χ2n) is 3.32. The molecule has 0 saturated carbocycles. The van der Waals surface area contributed by atoms with Crippen LogP contribution < -0.4 is 5.32 Å². The van der Waals surface area contributed by atoms with E-state index in [9.17, 15) is 4.79 Å². The van der Waals surface area contributed by atoms with Crippen LogP contribution in [0.5, 0.6) is 0 Å². The van der Waals surface area contributed by atoms with Gasteiger partial charge in [0.15, 0.2) is 0 Å². The quantitative estimate of drug-likeness (QED) is 0.891. The van der Waals surface area contributed by atoms with Gasteiger partial charge >= 0.3 is 6.09 Å². The number of anilines is 1. The summed E-state index contributed by atoms with van der Waals surface area (Å²) in [5.74, 6) is 0.396. The fourth-order valence-corrected chi connectivity index (χ4v) is 1.64. The zero-order chi connectivity index (χ0) is 12.4. The molecule has 2 rings (SSSR count). The van der Waals surface area contributed by atoms with Crippen LogP contribution in [-0.2, 0) is 7.05 Å². The number of carbonyl (C=O) groups is 1. The molecule has 0 aliphatic heterocycles. The van der Waals surface area contributed by atoms with Gasteiger partial charge in [-0.25, -0.2) is 4.79 Å². The molecule has 0 atom stereocenters. The Morgan fingerprint density at radius 1 is 1.47 bits per heavy atom. The first kappa shape index (κ1) is 11.6. The van der Waals surface area contributed by atoms with E-state index in [1.165, 1.54) is 4.68 Å². The Hall–Kier alpha value is -1.89. The summed E-state index contributed by atoms with van der Waals surface area (Å²) >= 11 is 3.29. The molecular weight excluding hydrogens is 288 g/mol. The van der Waals surface area contributed by atoms with Gasteiger partial charge < -0.3 is 5.11 Å². The molecular formula is C10H9BrN4O2. The standard InChI is InChI=1S/C10H9BrN4O2/c1-15-9(14-10(16)17)7(5-13-15)8-3-2-6(11)4-12-8/h2-5,14H,1H3,(H,16,17). The number of aryl methyl sites for hydroxylation is 1. The Morgan fingerprint density at radius 2 is 2.24 bits per heavy atom. The average Bonchev–Trinajstić information content (AvgIpc) is 2.61. The summed E-state index contributed by atoms with van der Waals surface area (Å²) < 4.78 is 2.31. The van der Waals surface area contributed by atoms with Gasteiger partial charge in [0, 0.05) is 17.7 Å². The van der Waals surface area contributed by atoms with Gasteiger partial charge in [-0.05, 0) is 28.1 Å². The van der Waals surface area contributed by atoms with Crippen molar-refractivity contribution < 1.29 is 9.90 Å². The van der Waals surface area contributed by atoms with E-state index in [-0.39, 0.29) is 0 Å². The molecule has 0 radical (unpaired) electrons. The lowest BCUT2D eigenvalue weighted by Gasteiger charge is -2.04. The smallest absolute Gasteiger partial charge is 0.410 e. The molecule has 0 bridgehead atoms. The van der Waals surface area contributed by atoms with Crippen molar-refractivity contribution in [2.24, 2.45) is 7.05 Å². The van der Waals surface area contributed by atoms with Crippen LogP contribution in [0.15, 0.2) is 29.0 Å². The maximum atomic E-state index is 10.7. The van der Waals surface area contributed by atoms with E-state index in [1.807, 2.05) is 6.07 Å². The molecule has 2 aromatic rings. The first-order valence-corrected chi connectivity index (χ1v) is 5.51. The maximum absolute atomic E-state index is 10.7. The number of rotatable bonds is 2. The van der Waals surface area contributed by atoms with Gasteiger partial charge in [0.2, 0.25) is 0 Å². The van der Waals surface area contributed by atoms with Gasteiger partial charge in [0.1, 0.15) is 5.82 Å². The molecule has 0 aromatic carbocycles. The molecule has 1 amide bonds. The second-order valence-corrected chi connectivity index (χ2v) is 4.24. The number of hydrogen-bond acceptors (Lipinski definition) is 3. The van der Waals surface area contributed by atoms with E-state index in [2.05, 4.69) is 31.3 Å². The van der Waals surface area contributed by atoms with Crippen LogP contribution in [0.1, 0.15) is 0 Å². The summed E-state index contributed by atoms with van der Waals surface area (Å²) in [4.78, 5) is 14.9. The highest BCUT2D eigenvalue weighted by Gasteiger charge is 2.13. The SMILES string of the molecule is Cn1ncc(-c2ccc(Br)cn2)c1NC(=O)O. The fraction of sp³-hybridized carbons (Fsp3) is 0.100. The van der Waals surface area contributed by atoms with Crippen LogP contribution in [0.2, 0.25) is 0 Å². The molecule has 0 spiro atoms. The summed E-state index contributed by atoms with van der Waals surface area (Å²) in [5.41, 5.74) is 1.30. The number of hydrogen-bond donors (Lipinski definition) is 2. The Kier molecular flexibility index (Phi) is 3.10. The largest absolute Gasteiger partial charge is 0.465 e. The van der Waals surface area contributed by atoms with Crippen LogP contribution >= 0.6 is 15.9 Å². The number of amides is 1. The lowest BCUT2D eigenvalue weighted by atomic mass is 10.2. The minimum Gasteiger partial charge on any atom is -0.465 e. The van der Waals surface area contributed by atoms with Gasteiger partial charge in [0.05, 0.1) is 17.5 Å². The van der Waals surface area contributed by atoms with Crippen LogP contribution in [0, 0.1) is 0 Å². The first-order valence-electron chi connectivity index (χ1n) is 4.72. The molecule has 6 nitrogen and oxygen atoms in total. The van der Waals surface area contributed by atoms with Gasteiger partial charge in [0.25, 0.3) is 0 Å². The second kappa shape index (κ2) is 4.54. The topological polar surface area (TPSA) is 80.0 Å². The lowest BCUT2D eigenvalue weighted by molar-refractivity contribution is 0.209. The highest BCUT2D eigenvalue weighted by Crippen LogP contribution is 2.26. The third-order valence-electron chi connectivity index (χ3n) is 2.17. The van der Waals surface area contributed by atoms with E-state index < -0.39 is 6.09 Å². The summed E-state index contributed by atoms with van der Waals surface area (Å²) in [6, 6.07) is 3.62.